The Bertz CT molecular complexity index is 1950. The summed E-state index contributed by atoms with van der Waals surface area (Å²) in [6, 6.07) is 10.1. The van der Waals surface area contributed by atoms with E-state index in [1.165, 1.54) is 14.7 Å². The van der Waals surface area contributed by atoms with Crippen LogP contribution < -0.4 is 21.3 Å². The molecule has 20 nitrogen and oxygen atoms in total. The second kappa shape index (κ2) is 20.6. The molecule has 0 saturated carbocycles. The van der Waals surface area contributed by atoms with Crippen molar-refractivity contribution in [2.45, 2.75) is 0 Å². The molecular weight excluding hydrogens is 736 g/mol. The summed E-state index contributed by atoms with van der Waals surface area (Å²) in [6.07, 6.45) is 0. The van der Waals surface area contributed by atoms with Gasteiger partial charge in [-0.05, 0) is 12.1 Å². The fourth-order valence-electron chi connectivity index (χ4n) is 6.33. The van der Waals surface area contributed by atoms with Gasteiger partial charge in [-0.1, -0.05) is 24.3 Å². The van der Waals surface area contributed by atoms with E-state index in [9.17, 15) is 49.2 Å². The lowest BCUT2D eigenvalue weighted by Crippen LogP contribution is -2.48. The third kappa shape index (κ3) is 12.8. The molecule has 5 rings (SSSR count). The molecule has 0 unspecified atom stereocenters. The molecule has 0 aromatic heterocycles. The number of hydrogen-bond donors (Lipinski definition) is 8. The number of carbonyl (C=O) groups excluding carboxylic acids is 2. The zero-order valence-corrected chi connectivity index (χ0v) is 30.6. The van der Waals surface area contributed by atoms with E-state index in [4.69, 9.17) is 10.2 Å². The van der Waals surface area contributed by atoms with Crippen molar-refractivity contribution in [3.05, 3.63) is 47.1 Å². The van der Waals surface area contributed by atoms with Gasteiger partial charge in [-0.15, -0.1) is 0 Å². The molecule has 0 saturated heterocycles. The smallest absolute Gasteiger partial charge is 0.317 e. The minimum Gasteiger partial charge on any atom is -0.507 e. The average Bonchev–Trinajstić information content (AvgIpc) is 3.13. The van der Waals surface area contributed by atoms with Crippen molar-refractivity contribution in [2.75, 3.05) is 105 Å². The number of fused-ring (bicyclic) bond motifs is 14. The summed E-state index contributed by atoms with van der Waals surface area (Å²) in [5.41, 5.74) is 0. The Labute approximate surface area is 319 Å². The highest BCUT2D eigenvalue weighted by atomic mass is 16.4. The molecule has 2 amide bonds. The number of aliphatic carboxylic acids is 4. The van der Waals surface area contributed by atoms with Crippen LogP contribution in [0.3, 0.4) is 0 Å². The molecule has 2 bridgehead atoms. The van der Waals surface area contributed by atoms with Crippen LogP contribution in [0.1, 0.15) is 0 Å². The van der Waals surface area contributed by atoms with Gasteiger partial charge in [0.15, 0.2) is 0 Å². The predicted octanol–water partition coefficient (Wildman–Crippen LogP) is -2.56. The first-order valence-corrected chi connectivity index (χ1v) is 17.8. The van der Waals surface area contributed by atoms with Gasteiger partial charge in [0.05, 0.1) is 73.8 Å². The molecule has 0 fully saturated rings. The Hall–Kier alpha value is -5.96. The molecule has 0 radical (unpaired) electrons. The Balaban J connectivity index is 1.47. The Morgan fingerprint density at radius 2 is 0.964 bits per heavy atom. The van der Waals surface area contributed by atoms with E-state index in [1.807, 2.05) is 0 Å². The number of carboxylic acids is 4. The Morgan fingerprint density at radius 1 is 0.589 bits per heavy atom. The summed E-state index contributed by atoms with van der Waals surface area (Å²) in [4.78, 5) is 86.6. The third-order valence-corrected chi connectivity index (χ3v) is 8.87. The molecule has 0 aliphatic carbocycles. The number of phenolic OH excluding ortho intramolecular Hbond substituents is 2. The number of carboxylic acid groups (broad SMARTS) is 4. The molecule has 2 heterocycles. The largest absolute Gasteiger partial charge is 0.507 e. The normalized spacial score (nSPS) is 14.7. The zero-order chi connectivity index (χ0) is 40.8. The van der Waals surface area contributed by atoms with Crippen molar-refractivity contribution in [2.24, 2.45) is 9.98 Å². The van der Waals surface area contributed by atoms with Crippen LogP contribution in [0.15, 0.2) is 46.4 Å². The molecule has 2 aliphatic heterocycles. The topological polar surface area (TPSA) is 286 Å². The van der Waals surface area contributed by atoms with E-state index < -0.39 is 61.9 Å². The quantitative estimate of drug-likeness (QED) is 0.0397. The first-order valence-electron chi connectivity index (χ1n) is 17.8. The van der Waals surface area contributed by atoms with Crippen LogP contribution in [-0.2, 0) is 28.8 Å². The molecular formula is C36H46N8O12. The maximum Gasteiger partial charge on any atom is 0.317 e. The summed E-state index contributed by atoms with van der Waals surface area (Å²) in [6.45, 7) is -2.03. The van der Waals surface area contributed by atoms with Crippen LogP contribution in [0.4, 0.5) is 0 Å². The summed E-state index contributed by atoms with van der Waals surface area (Å²) in [5.74, 6) is -5.93. The lowest BCUT2D eigenvalue weighted by molar-refractivity contribution is -0.143. The summed E-state index contributed by atoms with van der Waals surface area (Å²) in [7, 11) is 0. The van der Waals surface area contributed by atoms with Crippen LogP contribution in [-0.4, -0.2) is 191 Å². The minimum absolute atomic E-state index is 0.0153. The minimum atomic E-state index is -1.26. The number of carbonyl (C=O) groups is 6. The van der Waals surface area contributed by atoms with Gasteiger partial charge < -0.3 is 41.3 Å². The van der Waals surface area contributed by atoms with Crippen LogP contribution in [0, 0.1) is 0 Å². The second-order valence-corrected chi connectivity index (χ2v) is 13.1. The zero-order valence-electron chi connectivity index (χ0n) is 30.6. The molecule has 56 heavy (non-hydrogen) atoms. The molecule has 20 heteroatoms. The van der Waals surface area contributed by atoms with Crippen LogP contribution in [0.2, 0.25) is 0 Å². The van der Waals surface area contributed by atoms with Gasteiger partial charge in [0, 0.05) is 63.1 Å². The van der Waals surface area contributed by atoms with E-state index in [-0.39, 0.29) is 90.0 Å². The van der Waals surface area contributed by atoms with E-state index in [2.05, 4.69) is 20.6 Å². The predicted molar refractivity (Wildman–Crippen MR) is 199 cm³/mol. The number of rotatable bonds is 17. The number of hydrogen-bond acceptors (Lipinski definition) is 14. The van der Waals surface area contributed by atoms with E-state index in [0.29, 0.717) is 32.3 Å². The van der Waals surface area contributed by atoms with Crippen LogP contribution >= 0.6 is 0 Å². The standard InChI is InChI=1S/C36H46N8O12/c45-27-17-43(15-13-41(19-29(47)48)11-12-42(20-30(49)50)14-16-44(21-31(51)52)22-32(53)54)18-28(46)40-10-8-38-26-6-5-25(37-7-9-39-27)33-34(26)36(56)24-4-2-1-3-23(24)35(33)55/h1-6,55-56H,7-22H2,(H,39,45)(H,40,46)(H,47,48)(H,49,50)(H,51,52)(H,53,54). The Kier molecular flexibility index (Phi) is 15.8. The summed E-state index contributed by atoms with van der Waals surface area (Å²) < 4.78 is 0. The number of phenols is 2. The first-order chi connectivity index (χ1) is 26.7. The van der Waals surface area contributed by atoms with E-state index in [0.717, 1.165) is 4.90 Å². The second-order valence-electron chi connectivity index (χ2n) is 13.1. The van der Waals surface area contributed by atoms with Gasteiger partial charge in [-0.3, -0.25) is 58.4 Å². The molecule has 0 spiro atoms. The number of aromatic hydroxyl groups is 2. The molecule has 8 N–H and O–H groups in total. The van der Waals surface area contributed by atoms with Crippen molar-refractivity contribution >= 4 is 57.2 Å². The third-order valence-electron chi connectivity index (χ3n) is 8.87. The van der Waals surface area contributed by atoms with Crippen molar-refractivity contribution in [3.63, 3.8) is 0 Å². The molecule has 2 aliphatic rings. The fraction of sp³-hybridized carbons (Fsp3) is 0.444. The monoisotopic (exact) mass is 782 g/mol. The molecule has 3 aromatic carbocycles. The van der Waals surface area contributed by atoms with Gasteiger partial charge >= 0.3 is 23.9 Å². The number of benzene rings is 3. The van der Waals surface area contributed by atoms with E-state index in [1.54, 1.807) is 36.4 Å². The average molecular weight is 783 g/mol. The highest BCUT2D eigenvalue weighted by Gasteiger charge is 2.21. The highest BCUT2D eigenvalue weighted by molar-refractivity contribution is 6.10. The van der Waals surface area contributed by atoms with Gasteiger partial charge in [-0.25, -0.2) is 0 Å². The number of nitrogens with one attached hydrogen (secondary N) is 2. The number of amides is 2. The maximum atomic E-state index is 13.1. The van der Waals surface area contributed by atoms with Crippen molar-refractivity contribution in [1.29, 1.82) is 0 Å². The highest BCUT2D eigenvalue weighted by Crippen LogP contribution is 2.38. The summed E-state index contributed by atoms with van der Waals surface area (Å²) in [5, 5.41) is 67.6. The maximum absolute atomic E-state index is 13.1. The fourth-order valence-corrected chi connectivity index (χ4v) is 6.33. The van der Waals surface area contributed by atoms with Crippen molar-refractivity contribution in [1.82, 2.24) is 30.2 Å². The SMILES string of the molecule is O=C(O)CN(CCN(CCN1CC(=O)NCCN=c2ccc(c3c(O)c4ccccc4c(O)c23)=NCCNC(=O)C1)CC(=O)O)CCN(CC(=O)O)CC(=O)O. The first kappa shape index (κ1) is 42.8. The van der Waals surface area contributed by atoms with Crippen molar-refractivity contribution in [3.8, 4) is 11.5 Å². The molecule has 0 atom stereocenters. The molecule has 3 aromatic rings. The van der Waals surface area contributed by atoms with E-state index >= 15 is 0 Å². The van der Waals surface area contributed by atoms with Gasteiger partial charge in [0.25, 0.3) is 0 Å². The number of nitrogens with zero attached hydrogens (tertiary/aromatic N) is 6. The van der Waals surface area contributed by atoms with Crippen LogP contribution in [0.5, 0.6) is 11.5 Å². The van der Waals surface area contributed by atoms with Gasteiger partial charge in [0.2, 0.25) is 11.8 Å². The van der Waals surface area contributed by atoms with Crippen LogP contribution in [0.25, 0.3) is 21.5 Å². The Morgan fingerprint density at radius 3 is 1.38 bits per heavy atom. The van der Waals surface area contributed by atoms with Gasteiger partial charge in [0.1, 0.15) is 11.5 Å². The summed E-state index contributed by atoms with van der Waals surface area (Å²) >= 11 is 0. The van der Waals surface area contributed by atoms with Gasteiger partial charge in [-0.2, -0.15) is 0 Å². The lowest BCUT2D eigenvalue weighted by atomic mass is 9.99. The molecule has 302 valence electrons. The lowest BCUT2D eigenvalue weighted by Gasteiger charge is -2.29. The van der Waals surface area contributed by atoms with Crippen molar-refractivity contribution < 1.29 is 59.4 Å².